The Labute approximate surface area is 95.6 Å². The predicted molar refractivity (Wildman–Crippen MR) is 59.6 cm³/mol. The van der Waals surface area contributed by atoms with E-state index in [9.17, 15) is 9.18 Å². The van der Waals surface area contributed by atoms with E-state index in [1.54, 1.807) is 24.3 Å². The molecule has 2 nitrogen and oxygen atoms in total. The fourth-order valence-corrected chi connectivity index (χ4v) is 1.43. The Balaban J connectivity index is 3.03. The van der Waals surface area contributed by atoms with E-state index in [-0.39, 0.29) is 0 Å². The SMILES string of the molecule is COC(=O)C(C)(F)c1ccc(I)cc1. The lowest BCUT2D eigenvalue weighted by Crippen LogP contribution is -2.28. The summed E-state index contributed by atoms with van der Waals surface area (Å²) >= 11 is 2.11. The lowest BCUT2D eigenvalue weighted by Gasteiger charge is -2.17. The van der Waals surface area contributed by atoms with Crippen LogP contribution >= 0.6 is 22.6 Å². The maximum Gasteiger partial charge on any atom is 0.348 e. The van der Waals surface area contributed by atoms with Gasteiger partial charge in [-0.1, -0.05) is 12.1 Å². The van der Waals surface area contributed by atoms with Crippen molar-refractivity contribution in [2.24, 2.45) is 0 Å². The maximum absolute atomic E-state index is 13.9. The van der Waals surface area contributed by atoms with E-state index in [4.69, 9.17) is 0 Å². The van der Waals surface area contributed by atoms with Crippen LogP contribution in [0.3, 0.4) is 0 Å². The number of rotatable bonds is 2. The van der Waals surface area contributed by atoms with Crippen LogP contribution in [0, 0.1) is 3.57 Å². The van der Waals surface area contributed by atoms with Gasteiger partial charge in [-0.3, -0.25) is 0 Å². The minimum atomic E-state index is -2.07. The topological polar surface area (TPSA) is 26.3 Å². The van der Waals surface area contributed by atoms with Crippen molar-refractivity contribution in [3.05, 3.63) is 33.4 Å². The van der Waals surface area contributed by atoms with E-state index in [0.717, 1.165) is 3.57 Å². The Morgan fingerprint density at radius 2 is 1.93 bits per heavy atom. The molecule has 0 amide bonds. The summed E-state index contributed by atoms with van der Waals surface area (Å²) in [6.07, 6.45) is 0. The average Bonchev–Trinajstić information content (AvgIpc) is 2.17. The first-order valence-electron chi connectivity index (χ1n) is 4.02. The predicted octanol–water partition coefficient (Wildman–Crippen LogP) is 2.65. The highest BCUT2D eigenvalue weighted by Gasteiger charge is 2.36. The van der Waals surface area contributed by atoms with Crippen molar-refractivity contribution < 1.29 is 13.9 Å². The number of esters is 1. The molecule has 0 N–H and O–H groups in total. The summed E-state index contributed by atoms with van der Waals surface area (Å²) in [5, 5.41) is 0. The Morgan fingerprint density at radius 1 is 1.43 bits per heavy atom. The molecule has 1 atom stereocenters. The molecule has 1 aromatic carbocycles. The fourth-order valence-electron chi connectivity index (χ4n) is 1.07. The van der Waals surface area contributed by atoms with Gasteiger partial charge in [0.2, 0.25) is 5.67 Å². The first-order chi connectivity index (χ1) is 6.48. The number of halogens is 2. The molecule has 14 heavy (non-hydrogen) atoms. The van der Waals surface area contributed by atoms with Crippen LogP contribution in [0.25, 0.3) is 0 Å². The number of hydrogen-bond donors (Lipinski definition) is 0. The Hall–Kier alpha value is -0.650. The van der Waals surface area contributed by atoms with Gasteiger partial charge in [0, 0.05) is 9.13 Å². The second-order valence-corrected chi connectivity index (χ2v) is 4.25. The molecule has 1 rings (SSSR count). The van der Waals surface area contributed by atoms with E-state index >= 15 is 0 Å². The number of ether oxygens (including phenoxy) is 1. The molecule has 0 radical (unpaired) electrons. The molecule has 0 aliphatic carbocycles. The summed E-state index contributed by atoms with van der Waals surface area (Å²) in [5.74, 6) is -0.876. The quantitative estimate of drug-likeness (QED) is 0.620. The maximum atomic E-state index is 13.9. The van der Waals surface area contributed by atoms with Gasteiger partial charge in [0.1, 0.15) is 0 Å². The fraction of sp³-hybridized carbons (Fsp3) is 0.300. The van der Waals surface area contributed by atoms with Gasteiger partial charge in [-0.2, -0.15) is 0 Å². The summed E-state index contributed by atoms with van der Waals surface area (Å²) < 4.78 is 19.2. The van der Waals surface area contributed by atoms with Crippen molar-refractivity contribution in [2.45, 2.75) is 12.6 Å². The van der Waals surface area contributed by atoms with Crippen LogP contribution < -0.4 is 0 Å². The molecule has 4 heteroatoms. The van der Waals surface area contributed by atoms with Gasteiger partial charge in [0.05, 0.1) is 7.11 Å². The Kier molecular flexibility index (Phi) is 3.47. The highest BCUT2D eigenvalue weighted by atomic mass is 127. The first-order valence-corrected chi connectivity index (χ1v) is 5.09. The molecule has 0 aliphatic heterocycles. The van der Waals surface area contributed by atoms with E-state index in [2.05, 4.69) is 27.3 Å². The normalized spacial score (nSPS) is 14.6. The zero-order chi connectivity index (χ0) is 10.8. The summed E-state index contributed by atoms with van der Waals surface area (Å²) in [5.41, 5.74) is -1.76. The molecule has 0 aromatic heterocycles. The van der Waals surface area contributed by atoms with Crippen molar-refractivity contribution >= 4 is 28.6 Å². The number of benzene rings is 1. The molecule has 0 aliphatic rings. The van der Waals surface area contributed by atoms with Crippen molar-refractivity contribution in [2.75, 3.05) is 7.11 Å². The summed E-state index contributed by atoms with van der Waals surface area (Å²) in [6.45, 7) is 1.20. The van der Waals surface area contributed by atoms with Gasteiger partial charge < -0.3 is 4.74 Å². The number of carbonyl (C=O) groups excluding carboxylic acids is 1. The smallest absolute Gasteiger partial charge is 0.348 e. The molecular formula is C10H10FIO2. The zero-order valence-corrected chi connectivity index (χ0v) is 10.0. The Morgan fingerprint density at radius 3 is 2.36 bits per heavy atom. The zero-order valence-electron chi connectivity index (χ0n) is 7.88. The molecular weight excluding hydrogens is 298 g/mol. The van der Waals surface area contributed by atoms with Gasteiger partial charge in [-0.25, -0.2) is 9.18 Å². The molecule has 0 spiro atoms. The largest absolute Gasteiger partial charge is 0.466 e. The van der Waals surface area contributed by atoms with Gasteiger partial charge >= 0.3 is 5.97 Å². The monoisotopic (exact) mass is 308 g/mol. The van der Waals surface area contributed by atoms with Crippen molar-refractivity contribution in [1.82, 2.24) is 0 Å². The van der Waals surface area contributed by atoms with E-state index in [1.807, 2.05) is 0 Å². The minimum Gasteiger partial charge on any atom is -0.466 e. The van der Waals surface area contributed by atoms with Crippen LogP contribution in [0.5, 0.6) is 0 Å². The van der Waals surface area contributed by atoms with Crippen LogP contribution in [-0.4, -0.2) is 13.1 Å². The van der Waals surface area contributed by atoms with Gasteiger partial charge in [-0.15, -0.1) is 0 Å². The molecule has 76 valence electrons. The molecule has 1 aromatic rings. The second-order valence-electron chi connectivity index (χ2n) is 3.00. The van der Waals surface area contributed by atoms with Crippen LogP contribution in [0.1, 0.15) is 12.5 Å². The highest BCUT2D eigenvalue weighted by molar-refractivity contribution is 14.1. The van der Waals surface area contributed by atoms with Crippen LogP contribution in [0.15, 0.2) is 24.3 Å². The van der Waals surface area contributed by atoms with E-state index in [1.165, 1.54) is 14.0 Å². The number of methoxy groups -OCH3 is 1. The third kappa shape index (κ3) is 2.23. The average molecular weight is 308 g/mol. The number of alkyl halides is 1. The van der Waals surface area contributed by atoms with E-state index < -0.39 is 11.6 Å². The molecule has 0 saturated carbocycles. The highest BCUT2D eigenvalue weighted by Crippen LogP contribution is 2.27. The van der Waals surface area contributed by atoms with E-state index in [0.29, 0.717) is 5.56 Å². The van der Waals surface area contributed by atoms with Crippen LogP contribution in [0.4, 0.5) is 4.39 Å². The lowest BCUT2D eigenvalue weighted by molar-refractivity contribution is -0.154. The van der Waals surface area contributed by atoms with Crippen LogP contribution in [0.2, 0.25) is 0 Å². The third-order valence-electron chi connectivity index (χ3n) is 1.96. The lowest BCUT2D eigenvalue weighted by atomic mass is 9.98. The first kappa shape index (κ1) is 11.4. The van der Waals surface area contributed by atoms with Crippen molar-refractivity contribution in [3.63, 3.8) is 0 Å². The molecule has 0 heterocycles. The third-order valence-corrected chi connectivity index (χ3v) is 2.67. The standard InChI is InChI=1S/C10H10FIO2/c1-10(11,9(13)14-2)7-3-5-8(12)6-4-7/h3-6H,1-2H3. The second kappa shape index (κ2) is 4.25. The summed E-state index contributed by atoms with van der Waals surface area (Å²) in [4.78, 5) is 11.1. The van der Waals surface area contributed by atoms with Gasteiger partial charge in [0.15, 0.2) is 0 Å². The van der Waals surface area contributed by atoms with Gasteiger partial charge in [-0.05, 0) is 41.6 Å². The minimum absolute atomic E-state index is 0.310. The Bertz CT molecular complexity index is 332. The summed E-state index contributed by atoms with van der Waals surface area (Å²) in [7, 11) is 1.17. The van der Waals surface area contributed by atoms with Crippen LogP contribution in [-0.2, 0) is 15.2 Å². The molecule has 0 bridgehead atoms. The number of carbonyl (C=O) groups is 1. The summed E-state index contributed by atoms with van der Waals surface area (Å²) in [6, 6.07) is 6.66. The number of hydrogen-bond acceptors (Lipinski definition) is 2. The molecule has 1 unspecified atom stereocenters. The molecule has 0 saturated heterocycles. The molecule has 0 fully saturated rings. The van der Waals surface area contributed by atoms with Crippen molar-refractivity contribution in [1.29, 1.82) is 0 Å². The van der Waals surface area contributed by atoms with Gasteiger partial charge in [0.25, 0.3) is 0 Å². The van der Waals surface area contributed by atoms with Crippen molar-refractivity contribution in [3.8, 4) is 0 Å².